The third-order valence-electron chi connectivity index (χ3n) is 6.45. The highest BCUT2D eigenvalue weighted by atomic mass is 32.1. The fourth-order valence-electron chi connectivity index (χ4n) is 4.84. The second-order valence-corrected chi connectivity index (χ2v) is 9.16. The number of hydrogen-bond acceptors (Lipinski definition) is 4. The molecule has 2 aromatic heterocycles. The summed E-state index contributed by atoms with van der Waals surface area (Å²) >= 11 is 1.87. The minimum absolute atomic E-state index is 0.191. The Hall–Kier alpha value is -2.76. The van der Waals surface area contributed by atoms with Crippen molar-refractivity contribution in [3.63, 3.8) is 0 Å². The lowest BCUT2D eigenvalue weighted by molar-refractivity contribution is 0.179. The molecule has 160 valence electrons. The Morgan fingerprint density at radius 2 is 2.03 bits per heavy atom. The maximum Gasteiger partial charge on any atom is 0.160 e. The maximum atomic E-state index is 10.0. The number of hydrogen-bond donors (Lipinski definition) is 1. The number of aromatic hydroxyl groups is 1. The van der Waals surface area contributed by atoms with Crippen molar-refractivity contribution in [3.8, 4) is 11.5 Å². The molecule has 5 rings (SSSR count). The van der Waals surface area contributed by atoms with Crippen molar-refractivity contribution in [2.24, 2.45) is 0 Å². The average Bonchev–Trinajstić information content (AvgIpc) is 3.41. The van der Waals surface area contributed by atoms with Crippen LogP contribution in [-0.4, -0.2) is 28.2 Å². The molecule has 0 aliphatic carbocycles. The van der Waals surface area contributed by atoms with E-state index in [0.29, 0.717) is 11.8 Å². The van der Waals surface area contributed by atoms with E-state index in [1.165, 1.54) is 32.5 Å². The molecule has 4 nitrogen and oxygen atoms in total. The summed E-state index contributed by atoms with van der Waals surface area (Å²) in [5, 5.41) is 13.6. The third-order valence-corrected chi connectivity index (χ3v) is 7.51. The van der Waals surface area contributed by atoms with Crippen LogP contribution in [0.25, 0.3) is 10.9 Å². The van der Waals surface area contributed by atoms with Gasteiger partial charge in [0.05, 0.1) is 7.11 Å². The largest absolute Gasteiger partial charge is 0.504 e. The number of fused-ring (bicyclic) bond motifs is 2. The molecule has 0 radical (unpaired) electrons. The second kappa shape index (κ2) is 8.40. The molecule has 3 heterocycles. The molecule has 1 atom stereocenters. The third kappa shape index (κ3) is 3.73. The quantitative estimate of drug-likeness (QED) is 0.420. The molecule has 5 heteroatoms. The van der Waals surface area contributed by atoms with Crippen molar-refractivity contribution in [3.05, 3.63) is 81.7 Å². The fraction of sp³-hybridized carbons (Fsp3) is 0.308. The molecular formula is C26H28N2O2S. The first kappa shape index (κ1) is 20.2. The number of methoxy groups -OCH3 is 1. The summed E-state index contributed by atoms with van der Waals surface area (Å²) in [5.41, 5.74) is 5.37. The van der Waals surface area contributed by atoms with Crippen LogP contribution in [0.4, 0.5) is 0 Å². The van der Waals surface area contributed by atoms with Gasteiger partial charge in [-0.2, -0.15) is 0 Å². The highest BCUT2D eigenvalue weighted by Gasteiger charge is 2.29. The Labute approximate surface area is 187 Å². The number of aryl methyl sites for hydroxylation is 1. The number of ether oxygens (including phenoxy) is 1. The van der Waals surface area contributed by atoms with Crippen molar-refractivity contribution >= 4 is 22.2 Å². The van der Waals surface area contributed by atoms with Gasteiger partial charge in [0.1, 0.15) is 0 Å². The number of para-hydroxylation sites is 1. The lowest BCUT2D eigenvalue weighted by Crippen LogP contribution is -2.35. The van der Waals surface area contributed by atoms with E-state index in [0.717, 1.165) is 32.5 Å². The van der Waals surface area contributed by atoms with E-state index in [1.54, 1.807) is 13.2 Å². The monoisotopic (exact) mass is 432 g/mol. The van der Waals surface area contributed by atoms with Crippen molar-refractivity contribution < 1.29 is 9.84 Å². The van der Waals surface area contributed by atoms with Gasteiger partial charge in [0.25, 0.3) is 0 Å². The van der Waals surface area contributed by atoms with E-state index in [1.807, 2.05) is 23.5 Å². The number of phenols is 1. The number of thiophene rings is 1. The summed E-state index contributed by atoms with van der Waals surface area (Å²) in [6.07, 6.45) is 4.33. The molecule has 1 N–H and O–H groups in total. The van der Waals surface area contributed by atoms with Gasteiger partial charge in [-0.25, -0.2) is 0 Å². The summed E-state index contributed by atoms with van der Waals surface area (Å²) in [6.45, 7) is 5.17. The molecule has 0 saturated heterocycles. The van der Waals surface area contributed by atoms with Crippen LogP contribution < -0.4 is 4.74 Å². The standard InChI is InChI=1S/C26H28N2O2S/c1-3-27-16-20(21-6-4-5-7-22(21)27)17-28-12-10-19-11-13-31-26(19)23(28)14-18-8-9-24(29)25(15-18)30-2/h4-9,11,13,15-16,23,29H,3,10,12,14,17H2,1-2H3. The molecule has 0 bridgehead atoms. The topological polar surface area (TPSA) is 37.6 Å². The number of phenolic OH excluding ortho intramolecular Hbond substituents is 1. The molecular weight excluding hydrogens is 404 g/mol. The van der Waals surface area contributed by atoms with Gasteiger partial charge in [-0.05, 0) is 66.1 Å². The van der Waals surface area contributed by atoms with Crippen LogP contribution in [0.2, 0.25) is 0 Å². The predicted molar refractivity (Wildman–Crippen MR) is 127 cm³/mol. The maximum absolute atomic E-state index is 10.0. The molecule has 2 aromatic carbocycles. The van der Waals surface area contributed by atoms with Crippen molar-refractivity contribution in [1.29, 1.82) is 0 Å². The van der Waals surface area contributed by atoms with Crippen LogP contribution in [0.5, 0.6) is 11.5 Å². The zero-order chi connectivity index (χ0) is 21.4. The summed E-state index contributed by atoms with van der Waals surface area (Å²) in [7, 11) is 1.60. The molecule has 0 amide bonds. The zero-order valence-electron chi connectivity index (χ0n) is 18.0. The van der Waals surface area contributed by atoms with E-state index in [4.69, 9.17) is 4.74 Å². The minimum atomic E-state index is 0.191. The molecule has 1 unspecified atom stereocenters. The number of rotatable bonds is 6. The van der Waals surface area contributed by atoms with Gasteiger partial charge in [-0.15, -0.1) is 11.3 Å². The molecule has 1 aliphatic rings. The fourth-order valence-corrected chi connectivity index (χ4v) is 5.93. The highest BCUT2D eigenvalue weighted by molar-refractivity contribution is 7.10. The smallest absolute Gasteiger partial charge is 0.160 e. The van der Waals surface area contributed by atoms with Crippen molar-refractivity contribution in [2.45, 2.75) is 38.9 Å². The van der Waals surface area contributed by atoms with Gasteiger partial charge in [0.15, 0.2) is 11.5 Å². The van der Waals surface area contributed by atoms with E-state index in [-0.39, 0.29) is 5.75 Å². The van der Waals surface area contributed by atoms with Crippen molar-refractivity contribution in [1.82, 2.24) is 9.47 Å². The van der Waals surface area contributed by atoms with Crippen LogP contribution in [0.1, 0.15) is 34.5 Å². The van der Waals surface area contributed by atoms with Gasteiger partial charge in [0.2, 0.25) is 0 Å². The molecule has 4 aromatic rings. The Kier molecular flexibility index (Phi) is 5.47. The van der Waals surface area contributed by atoms with Crippen LogP contribution in [0.15, 0.2) is 60.1 Å². The number of aromatic nitrogens is 1. The van der Waals surface area contributed by atoms with E-state index in [9.17, 15) is 5.11 Å². The van der Waals surface area contributed by atoms with Crippen LogP contribution in [0.3, 0.4) is 0 Å². The first-order chi connectivity index (χ1) is 15.2. The first-order valence-electron chi connectivity index (χ1n) is 10.9. The summed E-state index contributed by atoms with van der Waals surface area (Å²) in [6, 6.07) is 17.1. The predicted octanol–water partition coefficient (Wildman–Crippen LogP) is 5.78. The van der Waals surface area contributed by atoms with Gasteiger partial charge in [-0.1, -0.05) is 24.3 Å². The molecule has 0 fully saturated rings. The lowest BCUT2D eigenvalue weighted by Gasteiger charge is -2.36. The molecule has 1 aliphatic heterocycles. The van der Waals surface area contributed by atoms with Crippen LogP contribution >= 0.6 is 11.3 Å². The van der Waals surface area contributed by atoms with Gasteiger partial charge in [0, 0.05) is 47.7 Å². The van der Waals surface area contributed by atoms with Crippen LogP contribution in [-0.2, 0) is 25.9 Å². The number of nitrogens with zero attached hydrogens (tertiary/aromatic N) is 2. The Morgan fingerprint density at radius 3 is 2.87 bits per heavy atom. The summed E-state index contributed by atoms with van der Waals surface area (Å²) in [4.78, 5) is 4.09. The van der Waals surface area contributed by atoms with E-state index >= 15 is 0 Å². The van der Waals surface area contributed by atoms with Crippen LogP contribution in [0, 0.1) is 0 Å². The average molecular weight is 433 g/mol. The molecule has 31 heavy (non-hydrogen) atoms. The first-order valence-corrected chi connectivity index (χ1v) is 11.8. The minimum Gasteiger partial charge on any atom is -0.504 e. The summed E-state index contributed by atoms with van der Waals surface area (Å²) < 4.78 is 7.70. The Morgan fingerprint density at radius 1 is 1.16 bits per heavy atom. The van der Waals surface area contributed by atoms with Crippen molar-refractivity contribution in [2.75, 3.05) is 13.7 Å². The van der Waals surface area contributed by atoms with Gasteiger partial charge in [-0.3, -0.25) is 4.90 Å². The zero-order valence-corrected chi connectivity index (χ0v) is 18.9. The van der Waals surface area contributed by atoms with Gasteiger partial charge < -0.3 is 14.4 Å². The number of benzene rings is 2. The molecule has 0 saturated carbocycles. The summed E-state index contributed by atoms with van der Waals surface area (Å²) in [5.74, 6) is 0.730. The van der Waals surface area contributed by atoms with Gasteiger partial charge >= 0.3 is 0 Å². The Bertz CT molecular complexity index is 1210. The normalized spacial score (nSPS) is 16.5. The Balaban J connectivity index is 1.49. The molecule has 0 spiro atoms. The lowest BCUT2D eigenvalue weighted by atomic mass is 9.95. The van der Waals surface area contributed by atoms with E-state index < -0.39 is 0 Å². The second-order valence-electron chi connectivity index (χ2n) is 8.21. The SMILES string of the molecule is CCn1cc(CN2CCc3ccsc3C2Cc2ccc(O)c(OC)c2)c2ccccc21. The van der Waals surface area contributed by atoms with E-state index in [2.05, 4.69) is 58.3 Å². The highest BCUT2D eigenvalue weighted by Crippen LogP contribution is 2.39.